The molecule has 2 atom stereocenters. The molecule has 0 heterocycles. The molecular formula is C13H18ClOP. The summed E-state index contributed by atoms with van der Waals surface area (Å²) in [7, 11) is 2.63. The number of carbonyl (C=O) groups is 1. The zero-order valence-corrected chi connectivity index (χ0v) is 11.7. The minimum Gasteiger partial charge on any atom is -0.300 e. The first-order valence-corrected chi connectivity index (χ1v) is 6.54. The van der Waals surface area contributed by atoms with Crippen LogP contribution in [0.1, 0.15) is 44.6 Å². The summed E-state index contributed by atoms with van der Waals surface area (Å²) in [5, 5.41) is 1.76. The van der Waals surface area contributed by atoms with Crippen LogP contribution in [0, 0.1) is 0 Å². The summed E-state index contributed by atoms with van der Waals surface area (Å²) >= 11 is 5.98. The number of benzene rings is 1. The lowest BCUT2D eigenvalue weighted by atomic mass is 9.90. The van der Waals surface area contributed by atoms with Gasteiger partial charge in [-0.25, -0.2) is 0 Å². The van der Waals surface area contributed by atoms with Crippen LogP contribution in [0.5, 0.6) is 0 Å². The van der Waals surface area contributed by atoms with Crippen molar-refractivity contribution >= 4 is 31.9 Å². The molecule has 0 aliphatic heterocycles. The Labute approximate surface area is 105 Å². The van der Waals surface area contributed by atoms with E-state index in [1.54, 1.807) is 6.92 Å². The number of ketones is 1. The second kappa shape index (κ2) is 6.37. The number of hydrogen-bond acceptors (Lipinski definition) is 1. The molecule has 0 aliphatic rings. The fraction of sp³-hybridized carbons (Fsp3) is 0.462. The quantitative estimate of drug-likeness (QED) is 0.734. The van der Waals surface area contributed by atoms with Gasteiger partial charge in [-0.15, -0.1) is 9.24 Å². The first-order chi connectivity index (χ1) is 7.54. The molecule has 0 saturated heterocycles. The third kappa shape index (κ3) is 3.88. The minimum atomic E-state index is 0.249. The number of rotatable bonds is 5. The zero-order chi connectivity index (χ0) is 12.1. The molecule has 1 rings (SSSR count). The van der Waals surface area contributed by atoms with Crippen LogP contribution < -0.4 is 5.30 Å². The van der Waals surface area contributed by atoms with Crippen molar-refractivity contribution in [3.05, 3.63) is 28.8 Å². The molecule has 0 fully saturated rings. The van der Waals surface area contributed by atoms with Gasteiger partial charge in [-0.1, -0.05) is 37.1 Å². The van der Waals surface area contributed by atoms with E-state index < -0.39 is 0 Å². The standard InChI is InChI=1S/C13H18ClOP/c1-3-4-10(7-9(2)15)11-5-6-12(14)13(16)8-11/h5-6,8,10H,3-4,7,16H2,1-2H3. The largest absolute Gasteiger partial charge is 0.300 e. The number of carbonyl (C=O) groups excluding carboxylic acids is 1. The van der Waals surface area contributed by atoms with E-state index in [-0.39, 0.29) is 5.78 Å². The third-order valence-corrected chi connectivity index (χ3v) is 3.67. The van der Waals surface area contributed by atoms with Gasteiger partial charge in [0, 0.05) is 11.4 Å². The fourth-order valence-electron chi connectivity index (χ4n) is 1.90. The highest BCUT2D eigenvalue weighted by Crippen LogP contribution is 2.26. The van der Waals surface area contributed by atoms with Gasteiger partial charge in [0.2, 0.25) is 0 Å². The first kappa shape index (κ1) is 13.7. The molecule has 0 spiro atoms. The molecule has 2 unspecified atom stereocenters. The number of halogens is 1. The lowest BCUT2D eigenvalue weighted by Gasteiger charge is -2.16. The molecule has 16 heavy (non-hydrogen) atoms. The van der Waals surface area contributed by atoms with Crippen LogP contribution in [0.2, 0.25) is 5.02 Å². The molecule has 0 amide bonds. The predicted octanol–water partition coefficient (Wildman–Crippen LogP) is 3.70. The van der Waals surface area contributed by atoms with E-state index in [9.17, 15) is 4.79 Å². The van der Waals surface area contributed by atoms with Crippen molar-refractivity contribution in [3.8, 4) is 0 Å². The Morgan fingerprint density at radius 2 is 2.19 bits per heavy atom. The second-order valence-electron chi connectivity index (χ2n) is 4.17. The van der Waals surface area contributed by atoms with Crippen LogP contribution >= 0.6 is 20.8 Å². The van der Waals surface area contributed by atoms with Crippen molar-refractivity contribution in [2.75, 3.05) is 0 Å². The highest BCUT2D eigenvalue weighted by molar-refractivity contribution is 7.28. The Kier molecular flexibility index (Phi) is 5.44. The molecule has 0 saturated carbocycles. The van der Waals surface area contributed by atoms with E-state index >= 15 is 0 Å². The number of Topliss-reactive ketones (excluding diaryl/α,β-unsaturated/α-hetero) is 1. The molecule has 0 radical (unpaired) electrons. The van der Waals surface area contributed by atoms with Crippen molar-refractivity contribution in [1.29, 1.82) is 0 Å². The van der Waals surface area contributed by atoms with Gasteiger partial charge in [0.1, 0.15) is 5.78 Å². The fourth-order valence-corrected chi connectivity index (χ4v) is 2.30. The average molecular weight is 257 g/mol. The van der Waals surface area contributed by atoms with Gasteiger partial charge in [-0.05, 0) is 36.2 Å². The molecule has 1 aromatic rings. The zero-order valence-electron chi connectivity index (χ0n) is 9.79. The Balaban J connectivity index is 2.91. The molecule has 3 heteroatoms. The second-order valence-corrected chi connectivity index (χ2v) is 5.20. The van der Waals surface area contributed by atoms with Crippen LogP contribution in [0.4, 0.5) is 0 Å². The summed E-state index contributed by atoms with van der Waals surface area (Å²) in [6.07, 6.45) is 2.76. The van der Waals surface area contributed by atoms with Gasteiger partial charge in [-0.3, -0.25) is 0 Å². The molecular weight excluding hydrogens is 239 g/mol. The monoisotopic (exact) mass is 256 g/mol. The van der Waals surface area contributed by atoms with Gasteiger partial charge in [-0.2, -0.15) is 0 Å². The third-order valence-electron chi connectivity index (χ3n) is 2.66. The summed E-state index contributed by atoms with van der Waals surface area (Å²) in [5.41, 5.74) is 1.21. The average Bonchev–Trinajstić information content (AvgIpc) is 2.21. The lowest BCUT2D eigenvalue weighted by Crippen LogP contribution is -2.06. The molecule has 1 nitrogen and oxygen atoms in total. The van der Waals surface area contributed by atoms with Crippen LogP contribution in [0.15, 0.2) is 18.2 Å². The van der Waals surface area contributed by atoms with Crippen molar-refractivity contribution in [2.45, 2.75) is 39.0 Å². The number of hydrogen-bond donors (Lipinski definition) is 0. The van der Waals surface area contributed by atoms with Gasteiger partial charge in [0.25, 0.3) is 0 Å². The van der Waals surface area contributed by atoms with Crippen LogP contribution in [-0.2, 0) is 4.79 Å². The van der Waals surface area contributed by atoms with Crippen LogP contribution in [0.25, 0.3) is 0 Å². The van der Waals surface area contributed by atoms with Crippen molar-refractivity contribution in [2.24, 2.45) is 0 Å². The highest BCUT2D eigenvalue weighted by Gasteiger charge is 2.13. The predicted molar refractivity (Wildman–Crippen MR) is 73.7 cm³/mol. The molecule has 0 aromatic heterocycles. The van der Waals surface area contributed by atoms with Crippen molar-refractivity contribution < 1.29 is 4.79 Å². The van der Waals surface area contributed by atoms with E-state index in [1.807, 2.05) is 12.1 Å². The molecule has 88 valence electrons. The molecule has 1 aromatic carbocycles. The van der Waals surface area contributed by atoms with Crippen molar-refractivity contribution in [1.82, 2.24) is 0 Å². The van der Waals surface area contributed by atoms with E-state index in [0.29, 0.717) is 12.3 Å². The Bertz CT molecular complexity index is 376. The Hall–Kier alpha value is -0.390. The van der Waals surface area contributed by atoms with Crippen LogP contribution in [-0.4, -0.2) is 5.78 Å². The van der Waals surface area contributed by atoms with E-state index in [4.69, 9.17) is 11.6 Å². The smallest absolute Gasteiger partial charge is 0.130 e. The van der Waals surface area contributed by atoms with E-state index in [2.05, 4.69) is 22.2 Å². The Morgan fingerprint density at radius 3 is 2.69 bits per heavy atom. The van der Waals surface area contributed by atoms with Crippen LogP contribution in [0.3, 0.4) is 0 Å². The molecule has 0 N–H and O–H groups in total. The van der Waals surface area contributed by atoms with Gasteiger partial charge < -0.3 is 4.79 Å². The summed E-state index contributed by atoms with van der Waals surface area (Å²) in [6, 6.07) is 6.00. The summed E-state index contributed by atoms with van der Waals surface area (Å²) in [4.78, 5) is 11.2. The normalized spacial score (nSPS) is 12.5. The lowest BCUT2D eigenvalue weighted by molar-refractivity contribution is -0.117. The van der Waals surface area contributed by atoms with E-state index in [0.717, 1.165) is 23.2 Å². The molecule has 0 aliphatic carbocycles. The molecule has 0 bridgehead atoms. The summed E-state index contributed by atoms with van der Waals surface area (Å²) in [5.74, 6) is 0.581. The Morgan fingerprint density at radius 1 is 1.50 bits per heavy atom. The maximum Gasteiger partial charge on any atom is 0.130 e. The topological polar surface area (TPSA) is 17.1 Å². The maximum atomic E-state index is 11.2. The summed E-state index contributed by atoms with van der Waals surface area (Å²) in [6.45, 7) is 3.80. The van der Waals surface area contributed by atoms with Crippen molar-refractivity contribution in [3.63, 3.8) is 0 Å². The van der Waals surface area contributed by atoms with E-state index in [1.165, 1.54) is 5.56 Å². The minimum absolute atomic E-state index is 0.249. The highest BCUT2D eigenvalue weighted by atomic mass is 35.5. The van der Waals surface area contributed by atoms with Gasteiger partial charge in [0.05, 0.1) is 0 Å². The first-order valence-electron chi connectivity index (χ1n) is 5.59. The SMILES string of the molecule is CCCC(CC(C)=O)c1ccc(Cl)c(P)c1. The maximum absolute atomic E-state index is 11.2. The summed E-state index contributed by atoms with van der Waals surface area (Å²) < 4.78 is 0. The van der Waals surface area contributed by atoms with Gasteiger partial charge >= 0.3 is 0 Å². The van der Waals surface area contributed by atoms with Gasteiger partial charge in [0.15, 0.2) is 0 Å².